The number of nitriles is 3. The Morgan fingerprint density at radius 3 is 0.727 bits per heavy atom. The number of rotatable bonds is 0. The summed E-state index contributed by atoms with van der Waals surface area (Å²) in [7, 11) is 0. The zero-order chi connectivity index (χ0) is 8.12. The third-order valence-corrected chi connectivity index (χ3v) is 0. The normalized spacial score (nSPS) is 1.91. The van der Waals surface area contributed by atoms with E-state index in [1.54, 1.807) is 0 Å². The van der Waals surface area contributed by atoms with Crippen molar-refractivity contribution in [2.75, 3.05) is 0 Å². The quantitative estimate of drug-likeness (QED) is 0.395. The van der Waals surface area contributed by atoms with Crippen molar-refractivity contribution in [1.29, 1.82) is 15.8 Å². The summed E-state index contributed by atoms with van der Waals surface area (Å²) in [6.07, 6.45) is 0. The first-order valence-electron chi connectivity index (χ1n) is 1.28. The van der Waals surface area contributed by atoms with Gasteiger partial charge in [-0.25, -0.2) is 15.8 Å². The molecule has 0 aliphatic heterocycles. The molecule has 4 N–H and O–H groups in total. The molecule has 8 heteroatoms. The Morgan fingerprint density at radius 1 is 0.727 bits per heavy atom. The summed E-state index contributed by atoms with van der Waals surface area (Å²) in [6, 6.07) is 0. The van der Waals surface area contributed by atoms with Crippen molar-refractivity contribution in [2.24, 2.45) is 0 Å². The Hall–Kier alpha value is 0.0121. The number of thiocyanates is 3. The van der Waals surface area contributed by atoms with E-state index < -0.39 is 0 Å². The van der Waals surface area contributed by atoms with Crippen LogP contribution in [0.15, 0.2) is 0 Å². The van der Waals surface area contributed by atoms with Crippen LogP contribution in [0.25, 0.3) is 0 Å². The van der Waals surface area contributed by atoms with Gasteiger partial charge in [-0.3, -0.25) is 0 Å². The summed E-state index contributed by atoms with van der Waals surface area (Å²) in [4.78, 5) is 0. The molecular weight excluding hydrogens is 301 g/mol. The smallest absolute Gasteiger partial charge is 0.696 e. The Morgan fingerprint density at radius 2 is 0.727 bits per heavy atom. The predicted molar refractivity (Wildman–Crippen MR) is 44.9 cm³/mol. The molecule has 0 atom stereocenters. The Bertz CT molecular complexity index is 114. The molecule has 0 aromatic rings. The minimum atomic E-state index is 0. The molecule has 0 aromatic carbocycles. The van der Waals surface area contributed by atoms with Gasteiger partial charge in [0.2, 0.25) is 0 Å². The zero-order valence-corrected chi connectivity index (χ0v) is 12.3. The van der Waals surface area contributed by atoms with Crippen LogP contribution in [0.2, 0.25) is 0 Å². The molecule has 0 amide bonds. The fourth-order valence-electron chi connectivity index (χ4n) is 0. The van der Waals surface area contributed by atoms with Gasteiger partial charge in [0.15, 0.2) is 0 Å². The van der Waals surface area contributed by atoms with Crippen LogP contribution in [0.4, 0.5) is 0 Å². The number of hydrogen-bond acceptors (Lipinski definition) is 6. The van der Waals surface area contributed by atoms with E-state index in [2.05, 4.69) is 37.9 Å². The van der Waals surface area contributed by atoms with Gasteiger partial charge in [0.25, 0.3) is 0 Å². The van der Waals surface area contributed by atoms with E-state index in [0.717, 1.165) is 0 Å². The minimum Gasteiger partial charge on any atom is -0.696 e. The number of hydrogen-bond donors (Lipinski definition) is 1. The van der Waals surface area contributed by atoms with Crippen LogP contribution < -0.4 is 6.15 Å². The SMILES string of the molecule is N#C[S-].N#C[S-].N#C[S-].[Cd+2].[NH4+]. The number of nitrogens with zero attached hydrogens (tertiary/aromatic N) is 3. The van der Waals surface area contributed by atoms with E-state index >= 15 is 0 Å². The third kappa shape index (κ3) is 4410000. The molecular formula is C3H4CdN4S3. The van der Waals surface area contributed by atoms with Crippen LogP contribution in [-0.4, -0.2) is 0 Å². The fourth-order valence-corrected chi connectivity index (χ4v) is 0. The monoisotopic (exact) mass is 306 g/mol. The van der Waals surface area contributed by atoms with Gasteiger partial charge in [-0.15, -0.1) is 0 Å². The van der Waals surface area contributed by atoms with Gasteiger partial charge in [0.05, 0.1) is 0 Å². The molecule has 0 aliphatic rings. The van der Waals surface area contributed by atoms with E-state index in [1.807, 2.05) is 0 Å². The van der Waals surface area contributed by atoms with Crippen molar-refractivity contribution in [3.8, 4) is 16.2 Å². The van der Waals surface area contributed by atoms with Gasteiger partial charge >= 0.3 is 27.3 Å². The first-order valence-corrected chi connectivity index (χ1v) is 2.51. The van der Waals surface area contributed by atoms with Crippen LogP contribution in [-0.2, 0) is 65.2 Å². The maximum Gasteiger partial charge on any atom is 2.00 e. The molecule has 11 heavy (non-hydrogen) atoms. The third-order valence-electron chi connectivity index (χ3n) is 0. The largest absolute Gasteiger partial charge is 2.00 e. The van der Waals surface area contributed by atoms with Crippen LogP contribution in [0.1, 0.15) is 0 Å². The molecule has 0 radical (unpaired) electrons. The maximum absolute atomic E-state index is 7.13. The minimum absolute atomic E-state index is 0. The van der Waals surface area contributed by atoms with Gasteiger partial charge in [-0.2, -0.15) is 0 Å². The molecule has 0 bridgehead atoms. The molecule has 0 aromatic heterocycles. The summed E-state index contributed by atoms with van der Waals surface area (Å²) < 4.78 is 0. The number of quaternary nitrogens is 1. The van der Waals surface area contributed by atoms with Crippen molar-refractivity contribution in [3.05, 3.63) is 0 Å². The molecule has 0 aliphatic carbocycles. The Labute approximate surface area is 103 Å². The topological polar surface area (TPSA) is 108 Å². The van der Waals surface area contributed by atoms with Gasteiger partial charge in [0, 0.05) is 0 Å². The molecule has 0 fully saturated rings. The average molecular weight is 305 g/mol. The van der Waals surface area contributed by atoms with Gasteiger partial charge in [-0.05, 0) is 0 Å². The van der Waals surface area contributed by atoms with Crippen molar-refractivity contribution in [1.82, 2.24) is 6.15 Å². The van der Waals surface area contributed by atoms with Crippen molar-refractivity contribution >= 4 is 37.9 Å². The second kappa shape index (κ2) is 89.6. The second-order valence-electron chi connectivity index (χ2n) is 0.274. The molecule has 0 rings (SSSR count). The van der Waals surface area contributed by atoms with E-state index in [1.165, 1.54) is 16.2 Å². The molecule has 4 nitrogen and oxygen atoms in total. The van der Waals surface area contributed by atoms with Crippen molar-refractivity contribution in [2.45, 2.75) is 0 Å². The molecule has 0 spiro atoms. The van der Waals surface area contributed by atoms with Gasteiger partial charge in [-0.1, -0.05) is 16.2 Å². The Kier molecular flexibility index (Phi) is 249. The molecule has 0 saturated heterocycles. The first kappa shape index (κ1) is 30.5. The van der Waals surface area contributed by atoms with Crippen LogP contribution in [0.3, 0.4) is 0 Å². The summed E-state index contributed by atoms with van der Waals surface area (Å²) in [5.41, 5.74) is 0. The molecule has 56 valence electrons. The van der Waals surface area contributed by atoms with E-state index in [0.29, 0.717) is 0 Å². The summed E-state index contributed by atoms with van der Waals surface area (Å²) in [6.45, 7) is 0. The summed E-state index contributed by atoms with van der Waals surface area (Å²) in [5.74, 6) is 0. The van der Waals surface area contributed by atoms with Gasteiger partial charge < -0.3 is 44.0 Å². The van der Waals surface area contributed by atoms with E-state index in [4.69, 9.17) is 15.8 Å². The molecule has 0 saturated carbocycles. The first-order chi connectivity index (χ1) is 4.24. The van der Waals surface area contributed by atoms with Crippen LogP contribution in [0, 0.1) is 32.0 Å². The van der Waals surface area contributed by atoms with E-state index in [-0.39, 0.29) is 33.4 Å². The standard InChI is InChI=1S/3CHNS.Cd.H3N/c3*2-1-3;;/h3*3H;;1H3/q;;;+2;/p-2. The van der Waals surface area contributed by atoms with Crippen LogP contribution >= 0.6 is 0 Å². The van der Waals surface area contributed by atoms with Crippen molar-refractivity contribution in [3.63, 3.8) is 0 Å². The van der Waals surface area contributed by atoms with Gasteiger partial charge in [0.1, 0.15) is 0 Å². The second-order valence-corrected chi connectivity index (χ2v) is 0.822. The average Bonchev–Trinajstić information content (AvgIpc) is 1.70. The molecule has 0 unspecified atom stereocenters. The maximum atomic E-state index is 7.13. The Balaban J connectivity index is -0.0000000150. The fraction of sp³-hybridized carbons (Fsp3) is 0. The summed E-state index contributed by atoms with van der Waals surface area (Å²) in [5, 5.41) is 25.4. The molecule has 0 heterocycles. The zero-order valence-electron chi connectivity index (χ0n) is 5.77. The van der Waals surface area contributed by atoms with E-state index in [9.17, 15) is 0 Å². The predicted octanol–water partition coefficient (Wildman–Crippen LogP) is 0.417. The van der Waals surface area contributed by atoms with Crippen LogP contribution in [0.5, 0.6) is 0 Å². The van der Waals surface area contributed by atoms with Crippen molar-refractivity contribution < 1.29 is 27.3 Å². The summed E-state index contributed by atoms with van der Waals surface area (Å²) >= 11 is 11.1.